The highest BCUT2D eigenvalue weighted by molar-refractivity contribution is 6.30. The van der Waals surface area contributed by atoms with Crippen LogP contribution >= 0.6 is 11.6 Å². The van der Waals surface area contributed by atoms with Gasteiger partial charge in [0.05, 0.1) is 40.5 Å². The van der Waals surface area contributed by atoms with Crippen molar-refractivity contribution in [3.05, 3.63) is 70.6 Å². The molecule has 5 rings (SSSR count). The lowest BCUT2D eigenvalue weighted by atomic mass is 9.87. The van der Waals surface area contributed by atoms with Gasteiger partial charge in [-0.25, -0.2) is 0 Å². The first-order chi connectivity index (χ1) is 16.9. The van der Waals surface area contributed by atoms with Gasteiger partial charge in [-0.15, -0.1) is 10.2 Å². The average molecular weight is 487 g/mol. The molecule has 1 saturated heterocycles. The van der Waals surface area contributed by atoms with Crippen LogP contribution in [-0.2, 0) is 6.54 Å². The van der Waals surface area contributed by atoms with E-state index in [0.29, 0.717) is 23.7 Å². The summed E-state index contributed by atoms with van der Waals surface area (Å²) in [6.07, 6.45) is 3.97. The fraction of sp³-hybridized carbons (Fsp3) is 0.308. The van der Waals surface area contributed by atoms with E-state index in [2.05, 4.69) is 38.7 Å². The molecule has 1 fully saturated rings. The first kappa shape index (κ1) is 23.1. The van der Waals surface area contributed by atoms with Gasteiger partial charge in [-0.05, 0) is 55.4 Å². The molecule has 0 unspecified atom stereocenters. The molecule has 0 bridgehead atoms. The first-order valence-corrected chi connectivity index (χ1v) is 12.0. The van der Waals surface area contributed by atoms with Crippen LogP contribution in [0.2, 0.25) is 5.02 Å². The Bertz CT molecular complexity index is 1500. The Morgan fingerprint density at radius 3 is 2.80 bits per heavy atom. The number of fused-ring (bicyclic) bond motifs is 3. The highest BCUT2D eigenvalue weighted by Crippen LogP contribution is 2.29. The second-order valence-corrected chi connectivity index (χ2v) is 9.49. The Hall–Kier alpha value is -3.67. The zero-order chi connectivity index (χ0) is 24.6. The van der Waals surface area contributed by atoms with Gasteiger partial charge in [0.2, 0.25) is 0 Å². The lowest BCUT2D eigenvalue weighted by Crippen LogP contribution is -2.60. The summed E-state index contributed by atoms with van der Waals surface area (Å²) in [5, 5.41) is 18.5. The zero-order valence-electron chi connectivity index (χ0n) is 19.8. The molecule has 0 radical (unpaired) electrons. The number of nitrogens with two attached hydrogens (primary N) is 1. The van der Waals surface area contributed by atoms with Crippen LogP contribution in [0.25, 0.3) is 22.4 Å². The normalized spacial score (nSPS) is 16.2. The maximum absolute atomic E-state index is 9.27. The maximum Gasteiger partial charge on any atom is 0.161 e. The minimum atomic E-state index is -0.346. The van der Waals surface area contributed by atoms with E-state index in [1.54, 1.807) is 6.21 Å². The van der Waals surface area contributed by atoms with E-state index in [-0.39, 0.29) is 5.54 Å². The van der Waals surface area contributed by atoms with Gasteiger partial charge >= 0.3 is 0 Å². The summed E-state index contributed by atoms with van der Waals surface area (Å²) in [5.41, 5.74) is 11.6. The van der Waals surface area contributed by atoms with E-state index in [4.69, 9.17) is 22.3 Å². The minimum absolute atomic E-state index is 0.346. The molecule has 8 nitrogen and oxygen atoms in total. The number of likely N-dealkylation sites (tertiary alicyclic amines) is 1. The van der Waals surface area contributed by atoms with Crippen LogP contribution in [0.1, 0.15) is 30.4 Å². The highest BCUT2D eigenvalue weighted by Gasteiger charge is 2.41. The number of benzene rings is 1. The van der Waals surface area contributed by atoms with E-state index in [0.717, 1.165) is 53.4 Å². The molecule has 9 heteroatoms. The first-order valence-electron chi connectivity index (χ1n) is 11.6. The number of pyridine rings is 1. The standard InChI is InChI=1S/C26H27ClN8/c1-3-33-16-26(17-33,10-11-28)30-12-9-21(29)23-14-24-22(7-8-25-32-31-18(2)35(24)25)34(23)15-19-5-4-6-20(27)13-19/h4-9,12-14H,3,10,15-17,29H2,1-2H3. The molecule has 0 aliphatic carbocycles. The van der Waals surface area contributed by atoms with Gasteiger partial charge in [0, 0.05) is 30.9 Å². The third-order valence-corrected chi connectivity index (χ3v) is 6.85. The average Bonchev–Trinajstić information content (AvgIpc) is 3.37. The van der Waals surface area contributed by atoms with Crippen LogP contribution in [0.3, 0.4) is 0 Å². The number of likely N-dealkylation sites (N-methyl/N-ethyl adjacent to an activating group) is 1. The van der Waals surface area contributed by atoms with Crippen LogP contribution in [0, 0.1) is 18.3 Å². The Kier molecular flexibility index (Phi) is 6.05. The molecule has 0 spiro atoms. The molecular formula is C26H27ClN8. The van der Waals surface area contributed by atoms with Crippen molar-refractivity contribution in [2.24, 2.45) is 10.7 Å². The number of rotatable bonds is 7. The number of allylic oxidation sites excluding steroid dienone is 1. The number of aromatic nitrogens is 4. The van der Waals surface area contributed by atoms with Gasteiger partial charge in [0.1, 0.15) is 5.82 Å². The van der Waals surface area contributed by atoms with Crippen LogP contribution < -0.4 is 5.73 Å². The predicted octanol–water partition coefficient (Wildman–Crippen LogP) is 4.05. The second-order valence-electron chi connectivity index (χ2n) is 9.05. The molecule has 1 aromatic carbocycles. The topological polar surface area (TPSA) is 101 Å². The zero-order valence-corrected chi connectivity index (χ0v) is 20.6. The lowest BCUT2D eigenvalue weighted by Gasteiger charge is -2.46. The van der Waals surface area contributed by atoms with Crippen LogP contribution in [0.4, 0.5) is 0 Å². The Morgan fingerprint density at radius 2 is 2.06 bits per heavy atom. The van der Waals surface area contributed by atoms with Crippen molar-refractivity contribution in [1.82, 2.24) is 24.1 Å². The summed E-state index contributed by atoms with van der Waals surface area (Å²) >= 11 is 6.26. The van der Waals surface area contributed by atoms with Crippen molar-refractivity contribution < 1.29 is 0 Å². The second kappa shape index (κ2) is 9.17. The number of halogens is 1. The summed E-state index contributed by atoms with van der Waals surface area (Å²) in [5.74, 6) is 0.810. The Labute approximate surface area is 208 Å². The molecule has 0 atom stereocenters. The summed E-state index contributed by atoms with van der Waals surface area (Å²) < 4.78 is 4.21. The summed E-state index contributed by atoms with van der Waals surface area (Å²) in [4.78, 5) is 7.03. The maximum atomic E-state index is 9.27. The quantitative estimate of drug-likeness (QED) is 0.397. The van der Waals surface area contributed by atoms with E-state index in [1.165, 1.54) is 0 Å². The third-order valence-electron chi connectivity index (χ3n) is 6.62. The summed E-state index contributed by atoms with van der Waals surface area (Å²) in [6, 6.07) is 16.2. The van der Waals surface area contributed by atoms with Crippen molar-refractivity contribution in [2.75, 3.05) is 19.6 Å². The van der Waals surface area contributed by atoms with Crippen LogP contribution in [0.5, 0.6) is 0 Å². The molecule has 178 valence electrons. The van der Waals surface area contributed by atoms with E-state index in [1.807, 2.05) is 53.8 Å². The fourth-order valence-corrected chi connectivity index (χ4v) is 5.04. The van der Waals surface area contributed by atoms with Crippen LogP contribution in [-0.4, -0.2) is 55.5 Å². The smallest absolute Gasteiger partial charge is 0.161 e. The molecule has 0 amide bonds. The SMILES string of the molecule is CCN1CC(CC#N)(N=CC=C(N)c2cc3c(ccc4nnc(C)n43)n2Cc2cccc(Cl)c2)C1. The number of nitriles is 1. The van der Waals surface area contributed by atoms with Crippen molar-refractivity contribution in [1.29, 1.82) is 5.26 Å². The molecule has 0 saturated carbocycles. The van der Waals surface area contributed by atoms with Crippen molar-refractivity contribution >= 4 is 40.2 Å². The highest BCUT2D eigenvalue weighted by atomic mass is 35.5. The van der Waals surface area contributed by atoms with Gasteiger partial charge in [0.25, 0.3) is 0 Å². The monoisotopic (exact) mass is 486 g/mol. The lowest BCUT2D eigenvalue weighted by molar-refractivity contribution is 0.0824. The van der Waals surface area contributed by atoms with Gasteiger partial charge in [-0.3, -0.25) is 14.3 Å². The molecule has 4 aromatic rings. The number of aryl methyl sites for hydroxylation is 1. The van der Waals surface area contributed by atoms with Gasteiger partial charge in [-0.2, -0.15) is 5.26 Å². The van der Waals surface area contributed by atoms with E-state index >= 15 is 0 Å². The van der Waals surface area contributed by atoms with Gasteiger partial charge < -0.3 is 10.3 Å². The molecule has 3 aromatic heterocycles. The number of nitrogens with zero attached hydrogens (tertiary/aromatic N) is 7. The number of hydrogen-bond donors (Lipinski definition) is 1. The fourth-order valence-electron chi connectivity index (χ4n) is 4.83. The molecule has 1 aliphatic rings. The van der Waals surface area contributed by atoms with E-state index in [9.17, 15) is 5.26 Å². The summed E-state index contributed by atoms with van der Waals surface area (Å²) in [6.45, 7) is 7.20. The Morgan fingerprint density at radius 1 is 1.23 bits per heavy atom. The number of aliphatic imine (C=N–C) groups is 1. The number of hydrogen-bond acceptors (Lipinski definition) is 6. The molecule has 2 N–H and O–H groups in total. The third kappa shape index (κ3) is 4.29. The van der Waals surface area contributed by atoms with Crippen molar-refractivity contribution in [2.45, 2.75) is 32.4 Å². The molecular weight excluding hydrogens is 460 g/mol. The Balaban J connectivity index is 1.57. The largest absolute Gasteiger partial charge is 0.397 e. The van der Waals surface area contributed by atoms with E-state index < -0.39 is 0 Å². The molecule has 1 aliphatic heterocycles. The molecule has 35 heavy (non-hydrogen) atoms. The van der Waals surface area contributed by atoms with Gasteiger partial charge in [-0.1, -0.05) is 30.7 Å². The van der Waals surface area contributed by atoms with Crippen molar-refractivity contribution in [3.8, 4) is 6.07 Å². The van der Waals surface area contributed by atoms with Crippen LogP contribution in [0.15, 0.2) is 53.5 Å². The minimum Gasteiger partial charge on any atom is -0.397 e. The molecule has 4 heterocycles. The van der Waals surface area contributed by atoms with Gasteiger partial charge in [0.15, 0.2) is 5.65 Å². The summed E-state index contributed by atoms with van der Waals surface area (Å²) in [7, 11) is 0. The van der Waals surface area contributed by atoms with Crippen molar-refractivity contribution in [3.63, 3.8) is 0 Å². The predicted molar refractivity (Wildman–Crippen MR) is 140 cm³/mol.